The minimum atomic E-state index is -0.832. The van der Waals surface area contributed by atoms with Gasteiger partial charge < -0.3 is 15.5 Å². The lowest BCUT2D eigenvalue weighted by molar-refractivity contribution is -0.123. The summed E-state index contributed by atoms with van der Waals surface area (Å²) in [5.41, 5.74) is 0. The largest absolute Gasteiger partial charge is 0.394 e. The highest BCUT2D eigenvalue weighted by atomic mass is 16.3. The summed E-state index contributed by atoms with van der Waals surface area (Å²) in [6.07, 6.45) is 45.9. The second kappa shape index (κ2) is 37.6. The number of aliphatic hydroxyl groups excluding tert-OH is 2. The van der Waals surface area contributed by atoms with Gasteiger partial charge in [0.05, 0.1) is 18.8 Å². The Hall–Kier alpha value is -0.870. The molecule has 4 heteroatoms. The van der Waals surface area contributed by atoms with Crippen LogP contribution in [-0.4, -0.2) is 34.9 Å². The first-order valence-corrected chi connectivity index (χ1v) is 20.4. The number of nitrogens with one attached hydrogen (secondary N) is 1. The van der Waals surface area contributed by atoms with Crippen LogP contribution in [0.3, 0.4) is 0 Å². The zero-order chi connectivity index (χ0) is 32.9. The fraction of sp³-hybridized carbons (Fsp3) is 0.927. The normalized spacial score (nSPS) is 13.1. The predicted octanol–water partition coefficient (Wildman–Crippen LogP) is 12.3. The van der Waals surface area contributed by atoms with Gasteiger partial charge in [-0.2, -0.15) is 0 Å². The van der Waals surface area contributed by atoms with Gasteiger partial charge in [-0.25, -0.2) is 0 Å². The van der Waals surface area contributed by atoms with E-state index in [2.05, 4.69) is 19.2 Å². The quantitative estimate of drug-likeness (QED) is 0.0470. The van der Waals surface area contributed by atoms with E-state index in [1.807, 2.05) is 6.08 Å². The van der Waals surface area contributed by atoms with Crippen LogP contribution in [0.2, 0.25) is 0 Å². The van der Waals surface area contributed by atoms with Gasteiger partial charge in [0.1, 0.15) is 0 Å². The Balaban J connectivity index is 3.56. The number of allylic oxidation sites excluding steroid dienone is 1. The summed E-state index contributed by atoms with van der Waals surface area (Å²) in [7, 11) is 0. The predicted molar refractivity (Wildman–Crippen MR) is 198 cm³/mol. The molecule has 45 heavy (non-hydrogen) atoms. The van der Waals surface area contributed by atoms with Crippen molar-refractivity contribution in [1.82, 2.24) is 5.32 Å². The Morgan fingerprint density at radius 1 is 0.511 bits per heavy atom. The Morgan fingerprint density at radius 2 is 0.822 bits per heavy atom. The van der Waals surface area contributed by atoms with Crippen molar-refractivity contribution in [1.29, 1.82) is 0 Å². The van der Waals surface area contributed by atoms with Crippen molar-refractivity contribution in [2.24, 2.45) is 0 Å². The summed E-state index contributed by atoms with van der Waals surface area (Å²) in [5, 5.41) is 23.0. The number of carbonyl (C=O) groups is 1. The molecule has 0 aromatic heterocycles. The van der Waals surface area contributed by atoms with Crippen molar-refractivity contribution in [2.75, 3.05) is 6.61 Å². The maximum Gasteiger partial charge on any atom is 0.220 e. The molecule has 0 rings (SSSR count). The van der Waals surface area contributed by atoms with Gasteiger partial charge in [-0.1, -0.05) is 212 Å². The molecular weight excluding hydrogens is 554 g/mol. The van der Waals surface area contributed by atoms with E-state index in [4.69, 9.17) is 0 Å². The van der Waals surface area contributed by atoms with E-state index in [-0.39, 0.29) is 12.5 Å². The summed E-state index contributed by atoms with van der Waals surface area (Å²) in [6.45, 7) is 4.32. The third kappa shape index (κ3) is 34.3. The van der Waals surface area contributed by atoms with E-state index in [1.54, 1.807) is 6.08 Å². The van der Waals surface area contributed by atoms with Crippen LogP contribution < -0.4 is 5.32 Å². The van der Waals surface area contributed by atoms with Crippen LogP contribution in [0.5, 0.6) is 0 Å². The molecule has 0 spiro atoms. The summed E-state index contributed by atoms with van der Waals surface area (Å²) >= 11 is 0. The summed E-state index contributed by atoms with van der Waals surface area (Å²) in [4.78, 5) is 12.3. The first-order valence-electron chi connectivity index (χ1n) is 20.4. The van der Waals surface area contributed by atoms with Crippen molar-refractivity contribution in [2.45, 2.75) is 238 Å². The van der Waals surface area contributed by atoms with Gasteiger partial charge in [-0.15, -0.1) is 0 Å². The van der Waals surface area contributed by atoms with Gasteiger partial charge in [-0.05, 0) is 19.3 Å². The SMILES string of the molecule is CCCCCCCCCCCCCCCCC/C=C/C(O)C(CO)NC(=O)CCCCCCCCCCCCCCCCCC. The second-order valence-corrected chi connectivity index (χ2v) is 14.1. The minimum absolute atomic E-state index is 0.0609. The van der Waals surface area contributed by atoms with Gasteiger partial charge in [0.15, 0.2) is 0 Å². The number of unbranched alkanes of at least 4 members (excludes halogenated alkanes) is 30. The monoisotopic (exact) mass is 636 g/mol. The standard InChI is InChI=1S/C41H81NO3/c1-3-5-7-9-11-13-15-17-19-21-22-24-26-28-30-32-34-36-40(44)39(38-43)42-41(45)37-35-33-31-29-27-25-23-20-18-16-14-12-10-8-6-4-2/h34,36,39-40,43-44H,3-33,35,37-38H2,1-2H3,(H,42,45)/b36-34+. The molecule has 268 valence electrons. The van der Waals surface area contributed by atoms with Crippen LogP contribution in [0.4, 0.5) is 0 Å². The van der Waals surface area contributed by atoms with E-state index < -0.39 is 12.1 Å². The highest BCUT2D eigenvalue weighted by Gasteiger charge is 2.17. The number of aliphatic hydroxyl groups is 2. The number of hydrogen-bond acceptors (Lipinski definition) is 3. The molecule has 0 saturated heterocycles. The van der Waals surface area contributed by atoms with Crippen LogP contribution in [0.1, 0.15) is 226 Å². The lowest BCUT2D eigenvalue weighted by Crippen LogP contribution is -2.45. The Labute approximate surface area is 282 Å². The van der Waals surface area contributed by atoms with Gasteiger partial charge >= 0.3 is 0 Å². The molecule has 0 saturated carbocycles. The zero-order valence-electron chi connectivity index (χ0n) is 30.7. The summed E-state index contributed by atoms with van der Waals surface area (Å²) in [5.74, 6) is -0.0609. The smallest absolute Gasteiger partial charge is 0.220 e. The molecule has 0 aliphatic carbocycles. The van der Waals surface area contributed by atoms with Crippen molar-refractivity contribution >= 4 is 5.91 Å². The molecule has 0 aromatic rings. The summed E-state index contributed by atoms with van der Waals surface area (Å²) in [6, 6.07) is -0.615. The van der Waals surface area contributed by atoms with Crippen LogP contribution in [0.15, 0.2) is 12.2 Å². The molecule has 0 radical (unpaired) electrons. The molecule has 2 atom stereocenters. The highest BCUT2D eigenvalue weighted by molar-refractivity contribution is 5.76. The van der Waals surface area contributed by atoms with Gasteiger partial charge in [0.25, 0.3) is 0 Å². The molecule has 0 aliphatic heterocycles. The van der Waals surface area contributed by atoms with E-state index in [0.717, 1.165) is 25.7 Å². The van der Waals surface area contributed by atoms with Gasteiger partial charge in [0, 0.05) is 6.42 Å². The number of rotatable bonds is 37. The molecule has 0 heterocycles. The lowest BCUT2D eigenvalue weighted by atomic mass is 10.0. The molecule has 3 N–H and O–H groups in total. The van der Waals surface area contributed by atoms with Crippen molar-refractivity contribution in [3.63, 3.8) is 0 Å². The molecule has 1 amide bonds. The highest BCUT2D eigenvalue weighted by Crippen LogP contribution is 2.15. The Morgan fingerprint density at radius 3 is 1.16 bits per heavy atom. The topological polar surface area (TPSA) is 69.6 Å². The maximum atomic E-state index is 12.3. The minimum Gasteiger partial charge on any atom is -0.394 e. The zero-order valence-corrected chi connectivity index (χ0v) is 30.7. The fourth-order valence-corrected chi connectivity index (χ4v) is 6.35. The molecule has 4 nitrogen and oxygen atoms in total. The van der Waals surface area contributed by atoms with Crippen molar-refractivity contribution in [3.05, 3.63) is 12.2 Å². The van der Waals surface area contributed by atoms with Crippen molar-refractivity contribution in [3.8, 4) is 0 Å². The van der Waals surface area contributed by atoms with Gasteiger partial charge in [-0.3, -0.25) is 4.79 Å². The van der Waals surface area contributed by atoms with E-state index in [0.29, 0.717) is 6.42 Å². The number of carbonyl (C=O) groups excluding carboxylic acids is 1. The molecule has 0 aromatic carbocycles. The average molecular weight is 636 g/mol. The third-order valence-corrected chi connectivity index (χ3v) is 9.52. The van der Waals surface area contributed by atoms with Crippen LogP contribution in [-0.2, 0) is 4.79 Å². The van der Waals surface area contributed by atoms with Crippen LogP contribution in [0, 0.1) is 0 Å². The molecule has 0 bridgehead atoms. The second-order valence-electron chi connectivity index (χ2n) is 14.1. The van der Waals surface area contributed by atoms with Crippen LogP contribution in [0.25, 0.3) is 0 Å². The number of amides is 1. The van der Waals surface area contributed by atoms with E-state index in [9.17, 15) is 15.0 Å². The first-order chi connectivity index (χ1) is 22.2. The molecular formula is C41H81NO3. The Kier molecular flexibility index (Phi) is 36.9. The Bertz CT molecular complexity index is 608. The van der Waals surface area contributed by atoms with E-state index >= 15 is 0 Å². The maximum absolute atomic E-state index is 12.3. The molecule has 2 unspecified atom stereocenters. The molecule has 0 aliphatic rings. The third-order valence-electron chi connectivity index (χ3n) is 9.52. The van der Waals surface area contributed by atoms with Crippen LogP contribution >= 0.6 is 0 Å². The fourth-order valence-electron chi connectivity index (χ4n) is 6.35. The average Bonchev–Trinajstić information content (AvgIpc) is 3.04. The molecule has 0 fully saturated rings. The first kappa shape index (κ1) is 44.1. The van der Waals surface area contributed by atoms with Crippen molar-refractivity contribution < 1.29 is 15.0 Å². The summed E-state index contributed by atoms with van der Waals surface area (Å²) < 4.78 is 0. The number of hydrogen-bond donors (Lipinski definition) is 3. The lowest BCUT2D eigenvalue weighted by Gasteiger charge is -2.20. The van der Waals surface area contributed by atoms with E-state index in [1.165, 1.54) is 180 Å². The van der Waals surface area contributed by atoms with Gasteiger partial charge in [0.2, 0.25) is 5.91 Å².